The van der Waals surface area contributed by atoms with E-state index in [1.807, 2.05) is 0 Å². The fourth-order valence-electron chi connectivity index (χ4n) is 7.75. The maximum Gasteiger partial charge on any atom is 0.0711 e. The smallest absolute Gasteiger partial charge is 0.0711 e. The molecule has 0 spiro atoms. The third kappa shape index (κ3) is 4.55. The summed E-state index contributed by atoms with van der Waals surface area (Å²) in [5.74, 6) is 0. The first-order valence-corrected chi connectivity index (χ1v) is 16.5. The number of hydrogen-bond donors (Lipinski definition) is 0. The Morgan fingerprint density at radius 3 is 2.11 bits per heavy atom. The van der Waals surface area contributed by atoms with Gasteiger partial charge in [-0.15, -0.1) is 0 Å². The van der Waals surface area contributed by atoms with Crippen molar-refractivity contribution in [2.24, 2.45) is 0 Å². The second-order valence-electron chi connectivity index (χ2n) is 13.5. The molecule has 0 aliphatic heterocycles. The predicted molar refractivity (Wildman–Crippen MR) is 197 cm³/mol. The minimum Gasteiger partial charge on any atom is -0.253 e. The van der Waals surface area contributed by atoms with Gasteiger partial charge in [-0.3, -0.25) is 9.97 Å². The number of hydrogen-bond acceptors (Lipinski definition) is 2. The number of fused-ring (bicyclic) bond motifs is 6. The standard InChI is InChI=1S/C45H34N2/c1-28-22-38(32-18-17-30-10-4-5-11-31(30)25-32)40-24-29(16-21-44(40)46-28)23-34-27-39(37-13-7-9-15-43(37)47-34)33-19-20-36-35-12-6-8-14-41(35)45(2,3)42(36)26-33/h4-22,24-27H,23H2,1-3H3. The summed E-state index contributed by atoms with van der Waals surface area (Å²) < 4.78 is 0. The van der Waals surface area contributed by atoms with Crippen LogP contribution >= 0.6 is 0 Å². The summed E-state index contributed by atoms with van der Waals surface area (Å²) in [6.07, 6.45) is 0.737. The number of para-hydroxylation sites is 1. The number of pyridine rings is 2. The predicted octanol–water partition coefficient (Wildman–Crippen LogP) is 11.5. The third-order valence-corrected chi connectivity index (χ3v) is 10.1. The van der Waals surface area contributed by atoms with Crippen molar-refractivity contribution in [3.8, 4) is 33.4 Å². The van der Waals surface area contributed by atoms with Crippen LogP contribution < -0.4 is 0 Å². The van der Waals surface area contributed by atoms with Crippen LogP contribution in [0.25, 0.3) is 66.0 Å². The summed E-state index contributed by atoms with van der Waals surface area (Å²) >= 11 is 0. The Bertz CT molecular complexity index is 2540. The van der Waals surface area contributed by atoms with Gasteiger partial charge in [-0.2, -0.15) is 0 Å². The molecule has 8 aromatic rings. The highest BCUT2D eigenvalue weighted by Gasteiger charge is 2.35. The Kier molecular flexibility index (Phi) is 6.17. The zero-order valence-corrected chi connectivity index (χ0v) is 26.9. The molecule has 0 saturated carbocycles. The normalized spacial score (nSPS) is 13.3. The molecule has 0 unspecified atom stereocenters. The number of aromatic nitrogens is 2. The van der Waals surface area contributed by atoms with Crippen molar-refractivity contribution in [2.45, 2.75) is 32.6 Å². The fourth-order valence-corrected chi connectivity index (χ4v) is 7.75. The Morgan fingerprint density at radius 1 is 0.489 bits per heavy atom. The van der Waals surface area contributed by atoms with Crippen LogP contribution in [0, 0.1) is 6.92 Å². The minimum absolute atomic E-state index is 0.0478. The van der Waals surface area contributed by atoms with Gasteiger partial charge in [0.25, 0.3) is 0 Å². The molecule has 0 atom stereocenters. The van der Waals surface area contributed by atoms with Gasteiger partial charge < -0.3 is 0 Å². The SMILES string of the molecule is Cc1cc(-c2ccc3ccccc3c2)c2cc(Cc3cc(-c4ccc5c(c4)C(C)(C)c4ccccc4-5)c4ccccc4n3)ccc2n1. The fraction of sp³-hybridized carbons (Fsp3) is 0.111. The second kappa shape index (κ2) is 10.5. The molecule has 0 N–H and O–H groups in total. The lowest BCUT2D eigenvalue weighted by atomic mass is 9.81. The van der Waals surface area contributed by atoms with Crippen molar-refractivity contribution in [3.05, 3.63) is 168 Å². The van der Waals surface area contributed by atoms with Crippen LogP contribution in [0.5, 0.6) is 0 Å². The highest BCUT2D eigenvalue weighted by molar-refractivity contribution is 5.99. The molecular formula is C45H34N2. The van der Waals surface area contributed by atoms with E-state index in [1.165, 1.54) is 71.6 Å². The molecule has 0 saturated heterocycles. The lowest BCUT2D eigenvalue weighted by Gasteiger charge is -2.22. The molecule has 2 heterocycles. The molecule has 0 fully saturated rings. The van der Waals surface area contributed by atoms with Crippen molar-refractivity contribution in [3.63, 3.8) is 0 Å². The largest absolute Gasteiger partial charge is 0.253 e. The van der Waals surface area contributed by atoms with Crippen molar-refractivity contribution in [1.29, 1.82) is 0 Å². The molecule has 9 rings (SSSR count). The molecule has 0 amide bonds. The topological polar surface area (TPSA) is 25.8 Å². The zero-order valence-electron chi connectivity index (χ0n) is 26.9. The van der Waals surface area contributed by atoms with Crippen molar-refractivity contribution in [1.82, 2.24) is 9.97 Å². The van der Waals surface area contributed by atoms with Gasteiger partial charge in [0, 0.05) is 34.0 Å². The molecule has 0 bridgehead atoms. The van der Waals surface area contributed by atoms with Crippen molar-refractivity contribution >= 4 is 32.6 Å². The summed E-state index contributed by atoms with van der Waals surface area (Å²) in [4.78, 5) is 10.1. The summed E-state index contributed by atoms with van der Waals surface area (Å²) in [6.45, 7) is 6.77. The van der Waals surface area contributed by atoms with Gasteiger partial charge in [-0.25, -0.2) is 0 Å². The lowest BCUT2D eigenvalue weighted by molar-refractivity contribution is 0.660. The van der Waals surface area contributed by atoms with E-state index in [1.54, 1.807) is 0 Å². The van der Waals surface area contributed by atoms with Crippen LogP contribution in [-0.4, -0.2) is 9.97 Å². The summed E-state index contributed by atoms with van der Waals surface area (Å²) in [5.41, 5.74) is 15.7. The van der Waals surface area contributed by atoms with Crippen LogP contribution in [0.1, 0.15) is 41.9 Å². The highest BCUT2D eigenvalue weighted by atomic mass is 14.7. The van der Waals surface area contributed by atoms with Crippen molar-refractivity contribution in [2.75, 3.05) is 0 Å². The average Bonchev–Trinajstić information content (AvgIpc) is 3.33. The maximum atomic E-state index is 5.18. The van der Waals surface area contributed by atoms with Crippen LogP contribution in [0.2, 0.25) is 0 Å². The van der Waals surface area contributed by atoms with Gasteiger partial charge in [0.1, 0.15) is 0 Å². The monoisotopic (exact) mass is 602 g/mol. The average molecular weight is 603 g/mol. The summed E-state index contributed by atoms with van der Waals surface area (Å²) in [6, 6.07) is 50.9. The van der Waals surface area contributed by atoms with Gasteiger partial charge in [0.05, 0.1) is 11.0 Å². The van der Waals surface area contributed by atoms with E-state index in [0.29, 0.717) is 0 Å². The van der Waals surface area contributed by atoms with E-state index in [9.17, 15) is 0 Å². The van der Waals surface area contributed by atoms with E-state index in [0.717, 1.165) is 28.8 Å². The molecule has 47 heavy (non-hydrogen) atoms. The molecule has 2 aromatic heterocycles. The molecule has 0 radical (unpaired) electrons. The van der Waals surface area contributed by atoms with E-state index < -0.39 is 0 Å². The van der Waals surface area contributed by atoms with Gasteiger partial charge in [0.2, 0.25) is 0 Å². The molecular weight excluding hydrogens is 569 g/mol. The second-order valence-corrected chi connectivity index (χ2v) is 13.5. The number of aryl methyl sites for hydroxylation is 1. The molecule has 1 aliphatic carbocycles. The van der Waals surface area contributed by atoms with Gasteiger partial charge in [-0.05, 0) is 110 Å². The number of rotatable bonds is 4. The highest BCUT2D eigenvalue weighted by Crippen LogP contribution is 2.49. The first-order valence-electron chi connectivity index (χ1n) is 16.5. The van der Waals surface area contributed by atoms with Crippen LogP contribution in [-0.2, 0) is 11.8 Å². The van der Waals surface area contributed by atoms with Gasteiger partial charge in [0.15, 0.2) is 0 Å². The first kappa shape index (κ1) is 27.7. The van der Waals surface area contributed by atoms with Crippen molar-refractivity contribution < 1.29 is 0 Å². The van der Waals surface area contributed by atoms with E-state index in [4.69, 9.17) is 9.97 Å². The van der Waals surface area contributed by atoms with Crippen LogP contribution in [0.3, 0.4) is 0 Å². The van der Waals surface area contributed by atoms with Gasteiger partial charge >= 0.3 is 0 Å². The number of benzene rings is 6. The Labute approximate surface area is 275 Å². The van der Waals surface area contributed by atoms with Crippen LogP contribution in [0.4, 0.5) is 0 Å². The third-order valence-electron chi connectivity index (χ3n) is 10.1. The summed E-state index contributed by atoms with van der Waals surface area (Å²) in [7, 11) is 0. The Balaban J connectivity index is 1.15. The zero-order chi connectivity index (χ0) is 31.7. The number of nitrogens with zero attached hydrogens (tertiary/aromatic N) is 2. The van der Waals surface area contributed by atoms with E-state index in [2.05, 4.69) is 160 Å². The quantitative estimate of drug-likeness (QED) is 0.200. The summed E-state index contributed by atoms with van der Waals surface area (Å²) in [5, 5.41) is 4.85. The van der Waals surface area contributed by atoms with Gasteiger partial charge in [-0.1, -0.05) is 111 Å². The first-order chi connectivity index (χ1) is 22.9. The molecule has 2 nitrogen and oxygen atoms in total. The van der Waals surface area contributed by atoms with Crippen LogP contribution in [0.15, 0.2) is 140 Å². The Hall–Kier alpha value is -5.60. The molecule has 2 heteroatoms. The molecule has 224 valence electrons. The minimum atomic E-state index is -0.0478. The lowest BCUT2D eigenvalue weighted by Crippen LogP contribution is -2.14. The molecule has 1 aliphatic rings. The maximum absolute atomic E-state index is 5.18. The van der Waals surface area contributed by atoms with E-state index >= 15 is 0 Å². The molecule has 6 aromatic carbocycles. The Morgan fingerprint density at radius 2 is 1.19 bits per heavy atom. The van der Waals surface area contributed by atoms with E-state index in [-0.39, 0.29) is 5.41 Å².